The number of halogens is 2. The molecule has 2 aromatic heterocycles. The minimum Gasteiger partial charge on any atom is -0.486 e. The monoisotopic (exact) mass is 331 g/mol. The maximum atomic E-state index is 14.0. The van der Waals surface area contributed by atoms with E-state index in [2.05, 4.69) is 20.7 Å². The average molecular weight is 331 g/mol. The molecular weight excluding hydrogens is 320 g/mol. The molecule has 0 atom stereocenters. The van der Waals surface area contributed by atoms with E-state index in [-0.39, 0.29) is 30.5 Å². The fourth-order valence-electron chi connectivity index (χ4n) is 2.45. The van der Waals surface area contributed by atoms with Gasteiger partial charge >= 0.3 is 0 Å². The van der Waals surface area contributed by atoms with Crippen LogP contribution in [-0.2, 0) is 0 Å². The van der Waals surface area contributed by atoms with Crippen molar-refractivity contribution >= 4 is 23.1 Å². The number of carbonyl (C=O) groups excluding carboxylic acids is 1. The Morgan fingerprint density at radius 3 is 3.04 bits per heavy atom. The van der Waals surface area contributed by atoms with Gasteiger partial charge in [-0.2, -0.15) is 5.10 Å². The molecular formula is C15H11F2N5O2. The van der Waals surface area contributed by atoms with Crippen LogP contribution >= 0.6 is 0 Å². The van der Waals surface area contributed by atoms with Crippen LogP contribution < -0.4 is 15.4 Å². The SMILES string of the molecule is O=C1NCCOc2c(F)cc(F)cc2Nc2ccn3ncc1c3n2. The van der Waals surface area contributed by atoms with Crippen LogP contribution in [0.5, 0.6) is 5.75 Å². The predicted molar refractivity (Wildman–Crippen MR) is 80.5 cm³/mol. The Kier molecular flexibility index (Phi) is 3.26. The van der Waals surface area contributed by atoms with Gasteiger partial charge in [0.25, 0.3) is 5.91 Å². The quantitative estimate of drug-likeness (QED) is 0.657. The lowest BCUT2D eigenvalue weighted by molar-refractivity contribution is 0.0948. The highest BCUT2D eigenvalue weighted by Gasteiger charge is 2.18. The van der Waals surface area contributed by atoms with Crippen LogP contribution in [0.25, 0.3) is 5.65 Å². The topological polar surface area (TPSA) is 80.5 Å². The second-order valence-electron chi connectivity index (χ2n) is 5.13. The molecule has 0 saturated carbocycles. The number of hydrogen-bond acceptors (Lipinski definition) is 5. The third-order valence-electron chi connectivity index (χ3n) is 3.52. The highest BCUT2D eigenvalue weighted by Crippen LogP contribution is 2.31. The van der Waals surface area contributed by atoms with Crippen LogP contribution in [0, 0.1) is 11.6 Å². The summed E-state index contributed by atoms with van der Waals surface area (Å²) in [6.45, 7) is 0.168. The molecule has 1 aliphatic heterocycles. The number of nitrogens with one attached hydrogen (secondary N) is 2. The summed E-state index contributed by atoms with van der Waals surface area (Å²) in [5, 5.41) is 9.52. The molecule has 0 radical (unpaired) electrons. The van der Waals surface area contributed by atoms with E-state index >= 15 is 0 Å². The van der Waals surface area contributed by atoms with Crippen molar-refractivity contribution in [1.29, 1.82) is 0 Å². The lowest BCUT2D eigenvalue weighted by Crippen LogP contribution is -2.28. The standard InChI is InChI=1S/C15H11F2N5O2/c16-8-5-10(17)13-11(6-8)20-12-1-3-22-14(21-12)9(7-19-22)15(23)18-2-4-24-13/h1,3,5-7H,2,4H2,(H,18,23)(H,20,21). The smallest absolute Gasteiger partial charge is 0.256 e. The van der Waals surface area contributed by atoms with E-state index in [1.807, 2.05) is 0 Å². The number of carbonyl (C=O) groups is 1. The normalized spacial score (nSPS) is 14.2. The van der Waals surface area contributed by atoms with Gasteiger partial charge in [0, 0.05) is 18.3 Å². The zero-order chi connectivity index (χ0) is 16.7. The molecule has 1 amide bonds. The first-order chi connectivity index (χ1) is 11.6. The fourth-order valence-corrected chi connectivity index (χ4v) is 2.45. The molecule has 2 N–H and O–H groups in total. The molecule has 9 heteroatoms. The Hall–Kier alpha value is -3.23. The van der Waals surface area contributed by atoms with Crippen molar-refractivity contribution in [3.05, 3.63) is 47.8 Å². The lowest BCUT2D eigenvalue weighted by atomic mass is 10.2. The Morgan fingerprint density at radius 1 is 1.29 bits per heavy atom. The predicted octanol–water partition coefficient (Wildman–Crippen LogP) is 1.87. The van der Waals surface area contributed by atoms with E-state index in [9.17, 15) is 13.6 Å². The molecule has 0 saturated heterocycles. The van der Waals surface area contributed by atoms with E-state index in [1.54, 1.807) is 12.3 Å². The van der Waals surface area contributed by atoms with E-state index in [0.717, 1.165) is 12.1 Å². The number of nitrogens with zero attached hydrogens (tertiary/aromatic N) is 3. The first-order valence-electron chi connectivity index (χ1n) is 7.13. The Balaban J connectivity index is 1.88. The minimum absolute atomic E-state index is 0.0226. The molecule has 3 heterocycles. The molecule has 7 nitrogen and oxygen atoms in total. The molecule has 0 fully saturated rings. The van der Waals surface area contributed by atoms with Crippen molar-refractivity contribution in [3.8, 4) is 5.75 Å². The maximum absolute atomic E-state index is 14.0. The zero-order valence-electron chi connectivity index (χ0n) is 12.2. The van der Waals surface area contributed by atoms with Gasteiger partial charge < -0.3 is 15.4 Å². The van der Waals surface area contributed by atoms with Crippen LogP contribution in [0.1, 0.15) is 10.4 Å². The lowest BCUT2D eigenvalue weighted by Gasteiger charge is -2.15. The number of hydrogen-bond donors (Lipinski definition) is 2. The molecule has 0 aliphatic carbocycles. The van der Waals surface area contributed by atoms with Gasteiger partial charge in [0.1, 0.15) is 23.8 Å². The number of amides is 1. The maximum Gasteiger partial charge on any atom is 0.256 e. The Labute approximate surface area is 134 Å². The largest absolute Gasteiger partial charge is 0.486 e. The van der Waals surface area contributed by atoms with Crippen molar-refractivity contribution in [2.24, 2.45) is 0 Å². The zero-order valence-corrected chi connectivity index (χ0v) is 12.2. The van der Waals surface area contributed by atoms with Gasteiger partial charge in [-0.15, -0.1) is 0 Å². The highest BCUT2D eigenvalue weighted by atomic mass is 19.1. The number of fused-ring (bicyclic) bond motifs is 2. The van der Waals surface area contributed by atoms with Crippen LogP contribution in [0.15, 0.2) is 30.6 Å². The summed E-state index contributed by atoms with van der Waals surface area (Å²) in [6, 6.07) is 3.42. The van der Waals surface area contributed by atoms with E-state index in [4.69, 9.17) is 4.74 Å². The van der Waals surface area contributed by atoms with Gasteiger partial charge in [-0.1, -0.05) is 0 Å². The van der Waals surface area contributed by atoms with Crippen molar-refractivity contribution in [3.63, 3.8) is 0 Å². The third kappa shape index (κ3) is 2.39. The summed E-state index contributed by atoms with van der Waals surface area (Å²) in [5.41, 5.74) is 0.736. The van der Waals surface area contributed by atoms with Gasteiger partial charge in [0.15, 0.2) is 17.2 Å². The number of benzene rings is 1. The molecule has 2 bridgehead atoms. The van der Waals surface area contributed by atoms with Gasteiger partial charge in [-0.3, -0.25) is 4.79 Å². The van der Waals surface area contributed by atoms with Crippen molar-refractivity contribution in [1.82, 2.24) is 19.9 Å². The fraction of sp³-hybridized carbons (Fsp3) is 0.133. The second-order valence-corrected chi connectivity index (χ2v) is 5.13. The number of aromatic nitrogens is 3. The summed E-state index contributed by atoms with van der Waals surface area (Å²) in [4.78, 5) is 16.5. The van der Waals surface area contributed by atoms with Gasteiger partial charge in [-0.05, 0) is 6.07 Å². The number of ether oxygens (including phenoxy) is 1. The summed E-state index contributed by atoms with van der Waals surface area (Å²) >= 11 is 0. The molecule has 1 aromatic carbocycles. The van der Waals surface area contributed by atoms with Crippen LogP contribution in [0.2, 0.25) is 0 Å². The summed E-state index contributed by atoms with van der Waals surface area (Å²) in [6.07, 6.45) is 2.99. The van der Waals surface area contributed by atoms with Gasteiger partial charge in [-0.25, -0.2) is 18.3 Å². The van der Waals surface area contributed by atoms with E-state index in [1.165, 1.54) is 10.7 Å². The van der Waals surface area contributed by atoms with Crippen LogP contribution in [0.4, 0.5) is 20.3 Å². The van der Waals surface area contributed by atoms with E-state index < -0.39 is 11.6 Å². The van der Waals surface area contributed by atoms with Gasteiger partial charge in [0.2, 0.25) is 0 Å². The first kappa shape index (κ1) is 14.4. The molecule has 0 spiro atoms. The average Bonchev–Trinajstić information content (AvgIpc) is 2.95. The molecule has 3 aromatic rings. The Morgan fingerprint density at radius 2 is 2.17 bits per heavy atom. The molecule has 0 unspecified atom stereocenters. The summed E-state index contributed by atoms with van der Waals surface area (Å²) < 4.78 is 34.3. The van der Waals surface area contributed by atoms with E-state index in [0.29, 0.717) is 17.0 Å². The minimum atomic E-state index is -0.841. The Bertz CT molecular complexity index is 956. The van der Waals surface area contributed by atoms with Crippen molar-refractivity contribution in [2.45, 2.75) is 0 Å². The molecule has 4 rings (SSSR count). The molecule has 1 aliphatic rings. The van der Waals surface area contributed by atoms with Crippen LogP contribution in [-0.4, -0.2) is 33.7 Å². The first-order valence-corrected chi connectivity index (χ1v) is 7.13. The van der Waals surface area contributed by atoms with Crippen LogP contribution in [0.3, 0.4) is 0 Å². The van der Waals surface area contributed by atoms with Gasteiger partial charge in [0.05, 0.1) is 18.4 Å². The number of anilines is 2. The summed E-state index contributed by atoms with van der Waals surface area (Å²) in [5.74, 6) is -1.78. The molecule has 24 heavy (non-hydrogen) atoms. The highest BCUT2D eigenvalue weighted by molar-refractivity contribution is 5.99. The third-order valence-corrected chi connectivity index (χ3v) is 3.52. The second kappa shape index (κ2) is 5.44. The summed E-state index contributed by atoms with van der Waals surface area (Å²) in [7, 11) is 0. The van der Waals surface area contributed by atoms with Crippen molar-refractivity contribution < 1.29 is 18.3 Å². The number of rotatable bonds is 0. The molecule has 122 valence electrons. The van der Waals surface area contributed by atoms with Crippen molar-refractivity contribution in [2.75, 3.05) is 18.5 Å².